The summed E-state index contributed by atoms with van der Waals surface area (Å²) >= 11 is 0. The average Bonchev–Trinajstić information content (AvgIpc) is 3.10. The number of imidazole rings is 1. The van der Waals surface area contributed by atoms with Crippen LogP contribution >= 0.6 is 0 Å². The molecule has 0 spiro atoms. The summed E-state index contributed by atoms with van der Waals surface area (Å²) in [5.41, 5.74) is 1.53. The quantitative estimate of drug-likeness (QED) is 0.772. The van der Waals surface area contributed by atoms with E-state index >= 15 is 0 Å². The second-order valence-electron chi connectivity index (χ2n) is 4.09. The van der Waals surface area contributed by atoms with Crippen molar-refractivity contribution >= 4 is 5.97 Å². The van der Waals surface area contributed by atoms with E-state index in [0.29, 0.717) is 12.3 Å². The molecule has 0 aromatic carbocycles. The van der Waals surface area contributed by atoms with Gasteiger partial charge in [0.25, 0.3) is 0 Å². The number of carboxylic acid groups (broad SMARTS) is 1. The molecule has 0 bridgehead atoms. The van der Waals surface area contributed by atoms with Crippen molar-refractivity contribution in [2.75, 3.05) is 0 Å². The van der Waals surface area contributed by atoms with Gasteiger partial charge in [-0.15, -0.1) is 0 Å². The zero-order valence-corrected chi connectivity index (χ0v) is 10.3. The average molecular weight is 270 g/mol. The minimum atomic E-state index is -1.11. The largest absolute Gasteiger partial charge is 0.476 e. The van der Waals surface area contributed by atoms with Gasteiger partial charge in [-0.05, 0) is 12.1 Å². The van der Waals surface area contributed by atoms with Crippen molar-refractivity contribution in [3.63, 3.8) is 0 Å². The van der Waals surface area contributed by atoms with Gasteiger partial charge in [-0.25, -0.2) is 14.8 Å². The fourth-order valence-electron chi connectivity index (χ4n) is 1.73. The lowest BCUT2D eigenvalue weighted by atomic mass is 10.2. The van der Waals surface area contributed by atoms with E-state index in [1.54, 1.807) is 18.7 Å². The number of aromatic nitrogens is 4. The minimum absolute atomic E-state index is 0.102. The SMILES string of the molecule is O=C(O)c1coc(Cc2ccc(-n3ccnc3)cn2)n1. The van der Waals surface area contributed by atoms with E-state index in [0.717, 1.165) is 17.6 Å². The number of nitrogens with zero attached hydrogens (tertiary/aromatic N) is 4. The highest BCUT2D eigenvalue weighted by Gasteiger charge is 2.11. The van der Waals surface area contributed by atoms with Crippen LogP contribution in [0, 0.1) is 0 Å². The number of pyridine rings is 1. The second-order valence-corrected chi connectivity index (χ2v) is 4.09. The van der Waals surface area contributed by atoms with Crippen LogP contribution < -0.4 is 0 Å². The van der Waals surface area contributed by atoms with Crippen LogP contribution in [0.4, 0.5) is 0 Å². The van der Waals surface area contributed by atoms with Crippen molar-refractivity contribution in [3.05, 3.63) is 60.6 Å². The first kappa shape index (κ1) is 12.1. The summed E-state index contributed by atoms with van der Waals surface area (Å²) in [5.74, 6) is -0.784. The van der Waals surface area contributed by atoms with E-state index < -0.39 is 5.97 Å². The Bertz CT molecular complexity index is 716. The number of carbonyl (C=O) groups is 1. The summed E-state index contributed by atoms with van der Waals surface area (Å²) in [4.78, 5) is 22.8. The van der Waals surface area contributed by atoms with Crippen LogP contribution in [0.1, 0.15) is 22.1 Å². The van der Waals surface area contributed by atoms with Crippen molar-refractivity contribution in [2.45, 2.75) is 6.42 Å². The summed E-state index contributed by atoms with van der Waals surface area (Å²) in [5, 5.41) is 8.76. The van der Waals surface area contributed by atoms with E-state index in [4.69, 9.17) is 9.52 Å². The molecule has 20 heavy (non-hydrogen) atoms. The molecule has 3 aromatic rings. The normalized spacial score (nSPS) is 10.6. The van der Waals surface area contributed by atoms with Crippen LogP contribution in [0.5, 0.6) is 0 Å². The Balaban J connectivity index is 1.76. The minimum Gasteiger partial charge on any atom is -0.476 e. The number of oxazole rings is 1. The molecule has 0 atom stereocenters. The van der Waals surface area contributed by atoms with E-state index in [1.165, 1.54) is 0 Å². The predicted molar refractivity (Wildman–Crippen MR) is 67.6 cm³/mol. The molecule has 0 aliphatic rings. The molecule has 0 amide bonds. The summed E-state index contributed by atoms with van der Waals surface area (Å²) in [6, 6.07) is 3.73. The number of rotatable bonds is 4. The molecule has 0 saturated carbocycles. The van der Waals surface area contributed by atoms with Gasteiger partial charge in [0.05, 0.1) is 24.6 Å². The number of hydrogen-bond donors (Lipinski definition) is 1. The first-order valence-electron chi connectivity index (χ1n) is 5.83. The molecule has 7 heteroatoms. The van der Waals surface area contributed by atoms with Gasteiger partial charge in [-0.1, -0.05) is 0 Å². The van der Waals surface area contributed by atoms with E-state index in [1.807, 2.05) is 22.9 Å². The molecule has 0 aliphatic heterocycles. The van der Waals surface area contributed by atoms with Crippen LogP contribution in [0.2, 0.25) is 0 Å². The van der Waals surface area contributed by atoms with Gasteiger partial charge < -0.3 is 14.1 Å². The maximum absolute atomic E-state index is 10.7. The van der Waals surface area contributed by atoms with Crippen molar-refractivity contribution in [1.29, 1.82) is 0 Å². The predicted octanol–water partition coefficient (Wildman–Crippen LogP) is 1.54. The molecule has 7 nitrogen and oxygen atoms in total. The third-order valence-corrected chi connectivity index (χ3v) is 2.71. The summed E-state index contributed by atoms with van der Waals surface area (Å²) in [6.45, 7) is 0. The molecular formula is C13H10N4O3. The number of hydrogen-bond acceptors (Lipinski definition) is 5. The molecule has 3 aromatic heterocycles. The Morgan fingerprint density at radius 2 is 2.30 bits per heavy atom. The summed E-state index contributed by atoms with van der Waals surface area (Å²) in [6.07, 6.45) is 8.37. The van der Waals surface area contributed by atoms with E-state index in [2.05, 4.69) is 15.0 Å². The van der Waals surface area contributed by atoms with Gasteiger partial charge >= 0.3 is 5.97 Å². The van der Waals surface area contributed by atoms with Gasteiger partial charge in [0, 0.05) is 18.1 Å². The fourth-order valence-corrected chi connectivity index (χ4v) is 1.73. The van der Waals surface area contributed by atoms with Gasteiger partial charge in [0.1, 0.15) is 6.26 Å². The first-order valence-corrected chi connectivity index (χ1v) is 5.83. The Kier molecular flexibility index (Phi) is 3.00. The molecule has 3 heterocycles. The maximum Gasteiger partial charge on any atom is 0.357 e. The standard InChI is InChI=1S/C13H10N4O3/c18-13(19)11-7-20-12(16-11)5-9-1-2-10(6-15-9)17-4-3-14-8-17/h1-4,6-8H,5H2,(H,18,19). The van der Waals surface area contributed by atoms with Crippen LogP contribution in [0.25, 0.3) is 5.69 Å². The van der Waals surface area contributed by atoms with E-state index in [9.17, 15) is 4.79 Å². The van der Waals surface area contributed by atoms with Crippen LogP contribution in [0.3, 0.4) is 0 Å². The molecule has 0 unspecified atom stereocenters. The summed E-state index contributed by atoms with van der Waals surface area (Å²) in [7, 11) is 0. The Morgan fingerprint density at radius 1 is 1.40 bits per heavy atom. The monoisotopic (exact) mass is 270 g/mol. The highest BCUT2D eigenvalue weighted by atomic mass is 16.4. The smallest absolute Gasteiger partial charge is 0.357 e. The Morgan fingerprint density at radius 3 is 2.90 bits per heavy atom. The van der Waals surface area contributed by atoms with Crippen molar-refractivity contribution in [1.82, 2.24) is 19.5 Å². The molecule has 0 saturated heterocycles. The summed E-state index contributed by atoms with van der Waals surface area (Å²) < 4.78 is 6.92. The topological polar surface area (TPSA) is 94.0 Å². The van der Waals surface area contributed by atoms with Crippen LogP contribution in [0.15, 0.2) is 47.7 Å². The van der Waals surface area contributed by atoms with E-state index in [-0.39, 0.29) is 5.69 Å². The Labute approximate surface area is 113 Å². The highest BCUT2D eigenvalue weighted by molar-refractivity contribution is 5.84. The van der Waals surface area contributed by atoms with Crippen LogP contribution in [-0.2, 0) is 6.42 Å². The third-order valence-electron chi connectivity index (χ3n) is 2.71. The Hall–Kier alpha value is -2.96. The molecule has 100 valence electrons. The third kappa shape index (κ3) is 2.41. The highest BCUT2D eigenvalue weighted by Crippen LogP contribution is 2.10. The second kappa shape index (κ2) is 4.96. The molecule has 0 fully saturated rings. The lowest BCUT2D eigenvalue weighted by Gasteiger charge is -2.02. The van der Waals surface area contributed by atoms with Crippen LogP contribution in [-0.4, -0.2) is 30.6 Å². The molecule has 0 aliphatic carbocycles. The van der Waals surface area contributed by atoms with Crippen molar-refractivity contribution in [3.8, 4) is 5.69 Å². The van der Waals surface area contributed by atoms with Gasteiger partial charge in [0.2, 0.25) is 5.89 Å². The molecule has 0 radical (unpaired) electrons. The zero-order chi connectivity index (χ0) is 13.9. The van der Waals surface area contributed by atoms with Crippen molar-refractivity contribution in [2.24, 2.45) is 0 Å². The molecule has 1 N–H and O–H groups in total. The molecular weight excluding hydrogens is 260 g/mol. The van der Waals surface area contributed by atoms with Gasteiger partial charge in [-0.2, -0.15) is 0 Å². The van der Waals surface area contributed by atoms with Gasteiger partial charge in [-0.3, -0.25) is 4.98 Å². The number of aromatic carboxylic acids is 1. The lowest BCUT2D eigenvalue weighted by molar-refractivity contribution is 0.0690. The maximum atomic E-state index is 10.7. The fraction of sp³-hybridized carbons (Fsp3) is 0.0769. The number of carboxylic acids is 1. The van der Waals surface area contributed by atoms with Crippen molar-refractivity contribution < 1.29 is 14.3 Å². The first-order chi connectivity index (χ1) is 9.72. The lowest BCUT2D eigenvalue weighted by Crippen LogP contribution is -1.98. The molecule has 3 rings (SSSR count). The zero-order valence-electron chi connectivity index (χ0n) is 10.3. The van der Waals surface area contributed by atoms with Gasteiger partial charge in [0.15, 0.2) is 5.69 Å².